The van der Waals surface area contributed by atoms with E-state index in [0.29, 0.717) is 37.6 Å². The largest absolute Gasteiger partial charge is 0.493 e. The van der Waals surface area contributed by atoms with Crippen LogP contribution < -0.4 is 30.3 Å². The first-order valence-electron chi connectivity index (χ1n) is 13.5. The molecule has 3 N–H and O–H groups in total. The fourth-order valence-corrected chi connectivity index (χ4v) is 4.95. The van der Waals surface area contributed by atoms with Crippen LogP contribution in [0.4, 0.5) is 4.79 Å². The molecule has 0 saturated carbocycles. The molecule has 3 amide bonds. The summed E-state index contributed by atoms with van der Waals surface area (Å²) in [7, 11) is 1.43. The van der Waals surface area contributed by atoms with Crippen molar-refractivity contribution in [2.45, 2.75) is 26.5 Å². The lowest BCUT2D eigenvalue weighted by molar-refractivity contribution is -0.139. The van der Waals surface area contributed by atoms with Gasteiger partial charge in [-0.2, -0.15) is 5.10 Å². The molecule has 0 spiro atoms. The number of urea groups is 1. The first-order valence-corrected chi connectivity index (χ1v) is 14.7. The molecule has 4 rings (SSSR count). The molecule has 236 valence electrons. The third-order valence-corrected chi connectivity index (χ3v) is 7.23. The molecule has 1 aliphatic heterocycles. The van der Waals surface area contributed by atoms with Gasteiger partial charge in [-0.25, -0.2) is 15.0 Å². The van der Waals surface area contributed by atoms with Crippen molar-refractivity contribution in [3.63, 3.8) is 0 Å². The summed E-state index contributed by atoms with van der Waals surface area (Å²) in [5, 5.41) is 10.7. The number of carbonyl (C=O) groups excluding carboxylic acids is 3. The van der Waals surface area contributed by atoms with Gasteiger partial charge in [-0.15, -0.1) is 0 Å². The number of methoxy groups -OCH3 is 1. The molecule has 3 aromatic rings. The average molecular weight is 676 g/mol. The predicted octanol–water partition coefficient (Wildman–Crippen LogP) is 5.95. The van der Waals surface area contributed by atoms with Crippen LogP contribution in [-0.2, 0) is 20.9 Å². The van der Waals surface area contributed by atoms with E-state index in [1.807, 2.05) is 0 Å². The molecule has 45 heavy (non-hydrogen) atoms. The number of carbonyl (C=O) groups is 3. The van der Waals surface area contributed by atoms with Crippen LogP contribution in [0.1, 0.15) is 36.6 Å². The Kier molecular flexibility index (Phi) is 11.5. The number of esters is 1. The maximum absolute atomic E-state index is 12.6. The summed E-state index contributed by atoms with van der Waals surface area (Å²) in [6.45, 7) is 3.26. The Morgan fingerprint density at radius 2 is 1.71 bits per heavy atom. The first-order chi connectivity index (χ1) is 21.6. The molecule has 1 aliphatic rings. The van der Waals surface area contributed by atoms with Crippen LogP contribution in [0.2, 0.25) is 15.1 Å². The molecular weight excluding hydrogens is 647 g/mol. The zero-order valence-corrected chi connectivity index (χ0v) is 26.7. The van der Waals surface area contributed by atoms with Crippen LogP contribution in [0, 0.1) is 0 Å². The highest BCUT2D eigenvalue weighted by molar-refractivity contribution is 6.35. The lowest BCUT2D eigenvalue weighted by Crippen LogP contribution is -2.45. The Labute approximate surface area is 274 Å². The number of hydrogen-bond acceptors (Lipinski definition) is 8. The van der Waals surface area contributed by atoms with E-state index < -0.39 is 30.6 Å². The van der Waals surface area contributed by atoms with Crippen LogP contribution in [0.25, 0.3) is 0 Å². The Morgan fingerprint density at radius 1 is 0.978 bits per heavy atom. The minimum Gasteiger partial charge on any atom is -0.493 e. The van der Waals surface area contributed by atoms with E-state index in [9.17, 15) is 14.4 Å². The van der Waals surface area contributed by atoms with Gasteiger partial charge >= 0.3 is 12.0 Å². The van der Waals surface area contributed by atoms with Crippen LogP contribution in [0.15, 0.2) is 71.0 Å². The van der Waals surface area contributed by atoms with Gasteiger partial charge in [-0.3, -0.25) is 4.79 Å². The van der Waals surface area contributed by atoms with Crippen molar-refractivity contribution < 1.29 is 33.3 Å². The Morgan fingerprint density at radius 3 is 2.44 bits per heavy atom. The van der Waals surface area contributed by atoms with Gasteiger partial charge in [0.2, 0.25) is 0 Å². The molecule has 0 aromatic heterocycles. The van der Waals surface area contributed by atoms with Crippen LogP contribution >= 0.6 is 34.8 Å². The van der Waals surface area contributed by atoms with Crippen molar-refractivity contribution in [1.82, 2.24) is 16.1 Å². The lowest BCUT2D eigenvalue weighted by atomic mass is 9.95. The van der Waals surface area contributed by atoms with Gasteiger partial charge in [0, 0.05) is 31.9 Å². The van der Waals surface area contributed by atoms with Gasteiger partial charge in [-0.1, -0.05) is 46.9 Å². The number of nitrogens with one attached hydrogen (secondary N) is 3. The topological polar surface area (TPSA) is 137 Å². The maximum atomic E-state index is 12.6. The van der Waals surface area contributed by atoms with E-state index in [1.54, 1.807) is 68.4 Å². The van der Waals surface area contributed by atoms with Crippen molar-refractivity contribution in [3.05, 3.63) is 97.6 Å². The number of nitrogens with zero attached hydrogens (tertiary/aromatic N) is 1. The number of amides is 3. The molecule has 1 atom stereocenters. The predicted molar refractivity (Wildman–Crippen MR) is 170 cm³/mol. The highest BCUT2D eigenvalue weighted by atomic mass is 35.5. The summed E-state index contributed by atoms with van der Waals surface area (Å²) >= 11 is 18.4. The Bertz CT molecular complexity index is 1660. The van der Waals surface area contributed by atoms with Gasteiger partial charge in [0.05, 0.1) is 31.5 Å². The van der Waals surface area contributed by atoms with Gasteiger partial charge in [0.25, 0.3) is 5.91 Å². The third kappa shape index (κ3) is 8.81. The summed E-state index contributed by atoms with van der Waals surface area (Å²) in [5.41, 5.74) is 4.82. The van der Waals surface area contributed by atoms with Crippen LogP contribution in [-0.4, -0.2) is 44.4 Å². The number of allylic oxidation sites excluding steroid dienone is 1. The molecule has 0 fully saturated rings. The molecule has 0 radical (unpaired) electrons. The Hall–Kier alpha value is -4.45. The van der Waals surface area contributed by atoms with E-state index >= 15 is 0 Å². The number of halogens is 3. The highest BCUT2D eigenvalue weighted by Crippen LogP contribution is 2.34. The van der Waals surface area contributed by atoms with Crippen molar-refractivity contribution in [2.24, 2.45) is 5.10 Å². The number of ether oxygens (including phenoxy) is 4. The highest BCUT2D eigenvalue weighted by Gasteiger charge is 2.32. The SMILES string of the molecule is CCOC(=O)C1=C(C)NC(=O)N[C@H]1c1ccc(OCC(=O)N/N=C/c2cc(Cl)ccc2OCc2ccc(Cl)cc2Cl)c(OC)c1. The summed E-state index contributed by atoms with van der Waals surface area (Å²) < 4.78 is 22.2. The summed E-state index contributed by atoms with van der Waals surface area (Å²) in [6, 6.07) is 13.6. The zero-order valence-electron chi connectivity index (χ0n) is 24.4. The van der Waals surface area contributed by atoms with Gasteiger partial charge < -0.3 is 29.6 Å². The minimum atomic E-state index is -0.790. The van der Waals surface area contributed by atoms with Crippen molar-refractivity contribution in [2.75, 3.05) is 20.3 Å². The maximum Gasteiger partial charge on any atom is 0.338 e. The second-order valence-corrected chi connectivity index (χ2v) is 10.8. The van der Waals surface area contributed by atoms with Crippen LogP contribution in [0.5, 0.6) is 17.2 Å². The first kappa shape index (κ1) is 33.4. The van der Waals surface area contributed by atoms with E-state index in [0.717, 1.165) is 5.56 Å². The van der Waals surface area contributed by atoms with Crippen molar-refractivity contribution >= 4 is 58.9 Å². The van der Waals surface area contributed by atoms with Gasteiger partial charge in [0.15, 0.2) is 18.1 Å². The number of rotatable bonds is 12. The summed E-state index contributed by atoms with van der Waals surface area (Å²) in [5.74, 6) is -0.120. The van der Waals surface area contributed by atoms with Crippen LogP contribution in [0.3, 0.4) is 0 Å². The van der Waals surface area contributed by atoms with Crippen molar-refractivity contribution in [3.8, 4) is 17.2 Å². The molecule has 1 heterocycles. The molecular formula is C31H29Cl3N4O7. The third-order valence-electron chi connectivity index (χ3n) is 6.41. The van der Waals surface area contributed by atoms with Crippen molar-refractivity contribution in [1.29, 1.82) is 0 Å². The smallest absolute Gasteiger partial charge is 0.338 e. The molecule has 14 heteroatoms. The number of hydrogen-bond donors (Lipinski definition) is 3. The summed E-state index contributed by atoms with van der Waals surface area (Å²) in [4.78, 5) is 37.3. The molecule has 0 bridgehead atoms. The molecule has 3 aromatic carbocycles. The molecule has 0 saturated heterocycles. The standard InChI is InChI=1S/C31H29Cl3N4O7/c1-4-43-30(40)28-17(2)36-31(41)37-29(28)18-6-9-25(26(12-18)42-3)45-16-27(39)38-35-14-20-11-21(32)8-10-24(20)44-15-19-5-7-22(33)13-23(19)34/h5-14,29H,4,15-16H2,1-3H3,(H,38,39)(H2,36,37,41)/b35-14+/t29-/m0/s1. The molecule has 11 nitrogen and oxygen atoms in total. The fraction of sp³-hybridized carbons (Fsp3) is 0.226. The molecule has 0 aliphatic carbocycles. The van der Waals surface area contributed by atoms with Gasteiger partial charge in [-0.05, 0) is 61.9 Å². The lowest BCUT2D eigenvalue weighted by Gasteiger charge is -2.28. The second kappa shape index (κ2) is 15.5. The monoisotopic (exact) mass is 674 g/mol. The van der Waals surface area contributed by atoms with Gasteiger partial charge in [0.1, 0.15) is 12.4 Å². The molecule has 0 unspecified atom stereocenters. The van der Waals surface area contributed by atoms with E-state index in [2.05, 4.69) is 21.2 Å². The normalized spacial score (nSPS) is 14.4. The summed E-state index contributed by atoms with van der Waals surface area (Å²) in [6.07, 6.45) is 1.39. The minimum absolute atomic E-state index is 0.170. The number of benzene rings is 3. The fourth-order valence-electron chi connectivity index (χ4n) is 4.30. The number of hydrazone groups is 1. The quantitative estimate of drug-likeness (QED) is 0.123. The Balaban J connectivity index is 1.39. The van der Waals surface area contributed by atoms with E-state index in [4.69, 9.17) is 53.8 Å². The van der Waals surface area contributed by atoms with E-state index in [1.165, 1.54) is 13.3 Å². The second-order valence-electron chi connectivity index (χ2n) is 9.49. The zero-order chi connectivity index (χ0) is 32.5. The van der Waals surface area contributed by atoms with E-state index in [-0.39, 0.29) is 30.3 Å². The average Bonchev–Trinajstić information content (AvgIpc) is 3.00.